The minimum Gasteiger partial charge on any atom is -0.475 e. The normalized spacial score (nSPS) is 23.6. The molecular weight excluding hydrogens is 240 g/mol. The average molecular weight is 254 g/mol. The molecule has 0 saturated carbocycles. The van der Waals surface area contributed by atoms with Gasteiger partial charge in [-0.3, -0.25) is 4.79 Å². The Labute approximate surface area is 103 Å². The maximum absolute atomic E-state index is 11.8. The first kappa shape index (κ1) is 12.6. The molecule has 1 amide bonds. The molecule has 2 atom stereocenters. The lowest BCUT2D eigenvalue weighted by Gasteiger charge is -2.27. The lowest BCUT2D eigenvalue weighted by molar-refractivity contribution is 0.0136. The summed E-state index contributed by atoms with van der Waals surface area (Å²) in [5.74, 6) is -2.02. The van der Waals surface area contributed by atoms with Gasteiger partial charge in [0.05, 0.1) is 6.10 Å². The highest BCUT2D eigenvalue weighted by atomic mass is 16.5. The molecule has 2 heterocycles. The number of carboxylic acids is 1. The summed E-state index contributed by atoms with van der Waals surface area (Å²) >= 11 is 0. The third kappa shape index (κ3) is 2.86. The number of carbonyl (C=O) groups is 2. The fraction of sp³-hybridized carbons (Fsp3) is 0.545. The number of hydrogen-bond donors (Lipinski definition) is 2. The van der Waals surface area contributed by atoms with Crippen LogP contribution in [0, 0.1) is 0 Å². The van der Waals surface area contributed by atoms with Crippen molar-refractivity contribution < 1.29 is 24.0 Å². The van der Waals surface area contributed by atoms with E-state index in [1.807, 2.05) is 6.92 Å². The summed E-state index contributed by atoms with van der Waals surface area (Å²) in [6.45, 7) is 2.54. The Hall–Kier alpha value is -1.89. The van der Waals surface area contributed by atoms with E-state index >= 15 is 0 Å². The van der Waals surface area contributed by atoms with E-state index < -0.39 is 11.9 Å². The number of nitrogens with one attached hydrogen (secondary N) is 1. The summed E-state index contributed by atoms with van der Waals surface area (Å²) in [5, 5.41) is 14.9. The van der Waals surface area contributed by atoms with E-state index in [-0.39, 0.29) is 23.6 Å². The first-order valence-electron chi connectivity index (χ1n) is 5.68. The zero-order valence-corrected chi connectivity index (χ0v) is 9.88. The van der Waals surface area contributed by atoms with Crippen molar-refractivity contribution in [1.29, 1.82) is 0 Å². The van der Waals surface area contributed by atoms with Crippen molar-refractivity contribution in [1.82, 2.24) is 10.5 Å². The number of hydrogen-bond acceptors (Lipinski definition) is 5. The molecule has 0 aromatic carbocycles. The second kappa shape index (κ2) is 5.18. The van der Waals surface area contributed by atoms with Crippen molar-refractivity contribution in [2.24, 2.45) is 0 Å². The first-order chi connectivity index (χ1) is 8.56. The number of amides is 1. The minimum absolute atomic E-state index is 0.0197. The summed E-state index contributed by atoms with van der Waals surface area (Å²) in [7, 11) is 0. The van der Waals surface area contributed by atoms with Gasteiger partial charge in [-0.25, -0.2) is 4.79 Å². The number of carbonyl (C=O) groups excluding carboxylic acids is 1. The lowest BCUT2D eigenvalue weighted by atomic mass is 10.0. The molecule has 1 aliphatic heterocycles. The number of aromatic nitrogens is 1. The van der Waals surface area contributed by atoms with Crippen LogP contribution < -0.4 is 5.32 Å². The molecule has 7 nitrogen and oxygen atoms in total. The van der Waals surface area contributed by atoms with E-state index in [1.165, 1.54) is 0 Å². The number of nitrogens with zero attached hydrogens (tertiary/aromatic N) is 1. The van der Waals surface area contributed by atoms with Crippen LogP contribution in [-0.4, -0.2) is 40.9 Å². The zero-order chi connectivity index (χ0) is 13.1. The quantitative estimate of drug-likeness (QED) is 0.822. The van der Waals surface area contributed by atoms with Gasteiger partial charge in [0.15, 0.2) is 5.69 Å². The molecule has 1 aromatic heterocycles. The number of carboxylic acid groups (broad SMARTS) is 1. The highest BCUT2D eigenvalue weighted by molar-refractivity contribution is 5.94. The molecule has 1 fully saturated rings. The molecule has 18 heavy (non-hydrogen) atoms. The van der Waals surface area contributed by atoms with Gasteiger partial charge in [-0.2, -0.15) is 0 Å². The Morgan fingerprint density at radius 3 is 2.94 bits per heavy atom. The average Bonchev–Trinajstić information content (AvgIpc) is 2.78. The smallest absolute Gasteiger partial charge is 0.374 e. The van der Waals surface area contributed by atoms with Crippen LogP contribution in [0.2, 0.25) is 0 Å². The Balaban J connectivity index is 1.96. The molecule has 2 N–H and O–H groups in total. The monoisotopic (exact) mass is 254 g/mol. The largest absolute Gasteiger partial charge is 0.475 e. The van der Waals surface area contributed by atoms with Crippen molar-refractivity contribution in [3.8, 4) is 0 Å². The van der Waals surface area contributed by atoms with Crippen LogP contribution in [0.4, 0.5) is 0 Å². The molecule has 1 aromatic rings. The first-order valence-corrected chi connectivity index (χ1v) is 5.68. The standard InChI is InChI=1S/C11H14N2O5/c1-6-4-7(2-3-17-6)12-10(14)8-5-9(11(15)16)18-13-8/h5-7H,2-4H2,1H3,(H,12,14)(H,15,16). The number of ether oxygens (including phenoxy) is 1. The predicted molar refractivity (Wildman–Crippen MR) is 59.4 cm³/mol. The van der Waals surface area contributed by atoms with Crippen molar-refractivity contribution >= 4 is 11.9 Å². The fourth-order valence-corrected chi connectivity index (χ4v) is 1.87. The molecule has 7 heteroatoms. The van der Waals surface area contributed by atoms with Crippen LogP contribution in [0.5, 0.6) is 0 Å². The second-order valence-corrected chi connectivity index (χ2v) is 4.26. The van der Waals surface area contributed by atoms with Gasteiger partial charge in [0, 0.05) is 18.7 Å². The number of aromatic carboxylic acids is 1. The molecule has 2 rings (SSSR count). The van der Waals surface area contributed by atoms with Crippen LogP contribution in [-0.2, 0) is 4.74 Å². The minimum atomic E-state index is -1.25. The van der Waals surface area contributed by atoms with Crippen LogP contribution in [0.3, 0.4) is 0 Å². The van der Waals surface area contributed by atoms with E-state index in [9.17, 15) is 9.59 Å². The molecule has 0 spiro atoms. The maximum Gasteiger partial charge on any atom is 0.374 e. The Morgan fingerprint density at radius 1 is 1.56 bits per heavy atom. The third-order valence-corrected chi connectivity index (χ3v) is 2.77. The summed E-state index contributed by atoms with van der Waals surface area (Å²) in [6, 6.07) is 1.13. The van der Waals surface area contributed by atoms with Gasteiger partial charge >= 0.3 is 5.97 Å². The summed E-state index contributed by atoms with van der Waals surface area (Å²) < 4.78 is 9.89. The van der Waals surface area contributed by atoms with Crippen molar-refractivity contribution in [2.75, 3.05) is 6.61 Å². The van der Waals surface area contributed by atoms with Crippen LogP contribution in [0.15, 0.2) is 10.6 Å². The van der Waals surface area contributed by atoms with Crippen molar-refractivity contribution in [3.63, 3.8) is 0 Å². The molecule has 1 saturated heterocycles. The number of rotatable bonds is 3. The highest BCUT2D eigenvalue weighted by Crippen LogP contribution is 2.14. The van der Waals surface area contributed by atoms with Gasteiger partial charge < -0.3 is 19.7 Å². The second-order valence-electron chi connectivity index (χ2n) is 4.26. The van der Waals surface area contributed by atoms with Crippen LogP contribution in [0.25, 0.3) is 0 Å². The maximum atomic E-state index is 11.8. The Kier molecular flexibility index (Phi) is 3.61. The molecule has 0 aliphatic carbocycles. The van der Waals surface area contributed by atoms with E-state index in [2.05, 4.69) is 15.0 Å². The lowest BCUT2D eigenvalue weighted by Crippen LogP contribution is -2.41. The van der Waals surface area contributed by atoms with Gasteiger partial charge in [0.2, 0.25) is 5.76 Å². The Bertz CT molecular complexity index is 456. The van der Waals surface area contributed by atoms with Gasteiger partial charge in [0.1, 0.15) is 0 Å². The molecule has 0 radical (unpaired) electrons. The molecule has 2 unspecified atom stereocenters. The summed E-state index contributed by atoms with van der Waals surface area (Å²) in [6.07, 6.45) is 1.57. The third-order valence-electron chi connectivity index (χ3n) is 2.77. The van der Waals surface area contributed by atoms with E-state index in [0.29, 0.717) is 6.61 Å². The van der Waals surface area contributed by atoms with Crippen LogP contribution >= 0.6 is 0 Å². The van der Waals surface area contributed by atoms with Gasteiger partial charge in [-0.15, -0.1) is 0 Å². The SMILES string of the molecule is CC1CC(NC(=O)c2cc(C(=O)O)on2)CCO1. The van der Waals surface area contributed by atoms with Crippen LogP contribution in [0.1, 0.15) is 40.8 Å². The van der Waals surface area contributed by atoms with Gasteiger partial charge in [0.25, 0.3) is 5.91 Å². The fourth-order valence-electron chi connectivity index (χ4n) is 1.87. The summed E-state index contributed by atoms with van der Waals surface area (Å²) in [4.78, 5) is 22.4. The van der Waals surface area contributed by atoms with Gasteiger partial charge in [-0.05, 0) is 19.8 Å². The van der Waals surface area contributed by atoms with E-state index in [0.717, 1.165) is 18.9 Å². The van der Waals surface area contributed by atoms with Crippen molar-refractivity contribution in [2.45, 2.75) is 31.9 Å². The van der Waals surface area contributed by atoms with Gasteiger partial charge in [-0.1, -0.05) is 5.16 Å². The van der Waals surface area contributed by atoms with E-state index in [4.69, 9.17) is 9.84 Å². The topological polar surface area (TPSA) is 102 Å². The predicted octanol–water partition coefficient (Wildman–Crippen LogP) is 0.670. The zero-order valence-electron chi connectivity index (χ0n) is 9.88. The molecule has 0 bridgehead atoms. The summed E-state index contributed by atoms with van der Waals surface area (Å²) in [5.41, 5.74) is -0.0217. The van der Waals surface area contributed by atoms with Crippen molar-refractivity contribution in [3.05, 3.63) is 17.5 Å². The molecular formula is C11H14N2O5. The van der Waals surface area contributed by atoms with E-state index in [1.54, 1.807) is 0 Å². The highest BCUT2D eigenvalue weighted by Gasteiger charge is 2.23. The Morgan fingerprint density at radius 2 is 2.33 bits per heavy atom. The molecule has 1 aliphatic rings. The molecule has 98 valence electrons.